The van der Waals surface area contributed by atoms with Crippen molar-refractivity contribution < 1.29 is 4.79 Å². The normalized spacial score (nSPS) is 27.1. The Labute approximate surface area is 128 Å². The number of nitrogens with one attached hydrogen (secondary N) is 2. The molecule has 0 aliphatic carbocycles. The van der Waals surface area contributed by atoms with E-state index < -0.39 is 0 Å². The van der Waals surface area contributed by atoms with Gasteiger partial charge in [-0.3, -0.25) is 4.79 Å². The molecule has 6 heteroatoms. The van der Waals surface area contributed by atoms with Gasteiger partial charge in [-0.05, 0) is 37.8 Å². The lowest BCUT2D eigenvalue weighted by Crippen LogP contribution is -2.52. The van der Waals surface area contributed by atoms with E-state index in [1.54, 1.807) is 6.33 Å². The average Bonchev–Trinajstić information content (AvgIpc) is 3.13. The van der Waals surface area contributed by atoms with Crippen LogP contribution < -0.4 is 5.32 Å². The number of aromatic amines is 1. The Hall–Kier alpha value is -2.37. The molecule has 22 heavy (non-hydrogen) atoms. The summed E-state index contributed by atoms with van der Waals surface area (Å²) in [5.74, 6) is 0.890. The highest BCUT2D eigenvalue weighted by Gasteiger charge is 2.44. The van der Waals surface area contributed by atoms with Gasteiger partial charge in [0, 0.05) is 18.3 Å². The first-order chi connectivity index (χ1) is 10.8. The second-order valence-corrected chi connectivity index (χ2v) is 6.04. The number of amides is 1. The van der Waals surface area contributed by atoms with Crippen molar-refractivity contribution in [3.63, 3.8) is 0 Å². The third kappa shape index (κ3) is 1.98. The van der Waals surface area contributed by atoms with Gasteiger partial charge in [0.05, 0.1) is 11.4 Å². The molecule has 2 aromatic rings. The van der Waals surface area contributed by atoms with Gasteiger partial charge in [-0.1, -0.05) is 6.58 Å². The Morgan fingerprint density at radius 1 is 1.36 bits per heavy atom. The summed E-state index contributed by atoms with van der Waals surface area (Å²) in [5.41, 5.74) is 0.830. The van der Waals surface area contributed by atoms with Gasteiger partial charge in [0.1, 0.15) is 17.8 Å². The van der Waals surface area contributed by atoms with Crippen molar-refractivity contribution in [2.75, 3.05) is 5.32 Å². The monoisotopic (exact) mass is 297 g/mol. The third-order valence-electron chi connectivity index (χ3n) is 4.93. The molecule has 4 rings (SSSR count). The summed E-state index contributed by atoms with van der Waals surface area (Å²) in [6.07, 6.45) is 9.09. The van der Waals surface area contributed by atoms with Crippen LogP contribution in [-0.4, -0.2) is 43.9 Å². The minimum Gasteiger partial charge on any atom is -0.365 e. The minimum absolute atomic E-state index is 0.0495. The minimum atomic E-state index is 0.0495. The van der Waals surface area contributed by atoms with E-state index in [-0.39, 0.29) is 18.0 Å². The molecule has 0 saturated carbocycles. The molecule has 2 aliphatic heterocycles. The Balaban J connectivity index is 1.62. The number of hydrogen-bond acceptors (Lipinski definition) is 4. The summed E-state index contributed by atoms with van der Waals surface area (Å²) in [6.45, 7) is 3.64. The molecule has 2 aliphatic rings. The summed E-state index contributed by atoms with van der Waals surface area (Å²) < 4.78 is 0. The SMILES string of the molecule is C=CC(=O)N1C2CCC1[C@H](Nc1ncnc3[nH]ccc13)CC2. The lowest BCUT2D eigenvalue weighted by atomic mass is 9.97. The maximum atomic E-state index is 12.1. The fourth-order valence-electron chi connectivity index (χ4n) is 3.94. The maximum absolute atomic E-state index is 12.1. The smallest absolute Gasteiger partial charge is 0.246 e. The zero-order chi connectivity index (χ0) is 15.1. The molecule has 2 unspecified atom stereocenters. The van der Waals surface area contributed by atoms with E-state index in [2.05, 4.69) is 26.8 Å². The number of fused-ring (bicyclic) bond motifs is 3. The summed E-state index contributed by atoms with van der Waals surface area (Å²) in [5, 5.41) is 4.54. The van der Waals surface area contributed by atoms with Crippen LogP contribution in [-0.2, 0) is 4.79 Å². The van der Waals surface area contributed by atoms with Gasteiger partial charge in [-0.2, -0.15) is 0 Å². The van der Waals surface area contributed by atoms with Gasteiger partial charge in [0.15, 0.2) is 0 Å². The number of piperidine rings is 1. The van der Waals surface area contributed by atoms with Crippen molar-refractivity contribution in [1.82, 2.24) is 19.9 Å². The predicted molar refractivity (Wildman–Crippen MR) is 84.4 cm³/mol. The van der Waals surface area contributed by atoms with Gasteiger partial charge < -0.3 is 15.2 Å². The summed E-state index contributed by atoms with van der Waals surface area (Å²) in [6, 6.07) is 2.82. The van der Waals surface area contributed by atoms with Crippen LogP contribution in [0.1, 0.15) is 25.7 Å². The van der Waals surface area contributed by atoms with Gasteiger partial charge in [0.25, 0.3) is 0 Å². The average molecular weight is 297 g/mol. The lowest BCUT2D eigenvalue weighted by molar-refractivity contribution is -0.130. The molecule has 3 atom stereocenters. The fourth-order valence-corrected chi connectivity index (χ4v) is 3.94. The van der Waals surface area contributed by atoms with Crippen LogP contribution in [0.5, 0.6) is 0 Å². The van der Waals surface area contributed by atoms with Gasteiger partial charge in [0.2, 0.25) is 5.91 Å². The quantitative estimate of drug-likeness (QED) is 0.851. The molecule has 2 N–H and O–H groups in total. The second-order valence-electron chi connectivity index (χ2n) is 6.04. The zero-order valence-corrected chi connectivity index (χ0v) is 12.3. The van der Waals surface area contributed by atoms with Crippen molar-refractivity contribution in [3.8, 4) is 0 Å². The maximum Gasteiger partial charge on any atom is 0.246 e. The molecular weight excluding hydrogens is 278 g/mol. The zero-order valence-electron chi connectivity index (χ0n) is 12.3. The molecule has 114 valence electrons. The van der Waals surface area contributed by atoms with Gasteiger partial charge in [-0.15, -0.1) is 0 Å². The number of anilines is 1. The van der Waals surface area contributed by atoms with E-state index in [9.17, 15) is 4.79 Å². The van der Waals surface area contributed by atoms with Gasteiger partial charge >= 0.3 is 0 Å². The number of nitrogens with zero attached hydrogens (tertiary/aromatic N) is 3. The van der Waals surface area contributed by atoms with Crippen LogP contribution in [0.3, 0.4) is 0 Å². The van der Waals surface area contributed by atoms with Crippen molar-refractivity contribution in [2.24, 2.45) is 0 Å². The molecule has 0 aromatic carbocycles. The first-order valence-electron chi connectivity index (χ1n) is 7.77. The van der Waals surface area contributed by atoms with Crippen LogP contribution in [0.2, 0.25) is 0 Å². The topological polar surface area (TPSA) is 73.9 Å². The molecule has 0 radical (unpaired) electrons. The lowest BCUT2D eigenvalue weighted by Gasteiger charge is -2.40. The van der Waals surface area contributed by atoms with E-state index in [0.29, 0.717) is 6.04 Å². The Bertz CT molecular complexity index is 724. The molecule has 6 nitrogen and oxygen atoms in total. The van der Waals surface area contributed by atoms with E-state index in [0.717, 1.165) is 42.5 Å². The first-order valence-corrected chi connectivity index (χ1v) is 7.77. The van der Waals surface area contributed by atoms with Crippen LogP contribution in [0, 0.1) is 0 Å². The van der Waals surface area contributed by atoms with E-state index in [1.807, 2.05) is 17.2 Å². The first kappa shape index (κ1) is 13.3. The highest BCUT2D eigenvalue weighted by atomic mass is 16.2. The second kappa shape index (κ2) is 5.12. The number of carbonyl (C=O) groups is 1. The Morgan fingerprint density at radius 3 is 3.09 bits per heavy atom. The number of carbonyl (C=O) groups excluding carboxylic acids is 1. The predicted octanol–water partition coefficient (Wildman–Crippen LogP) is 2.08. The van der Waals surface area contributed by atoms with Crippen LogP contribution in [0.25, 0.3) is 11.0 Å². The summed E-state index contributed by atoms with van der Waals surface area (Å²) in [4.78, 5) is 25.9. The highest BCUT2D eigenvalue weighted by Crippen LogP contribution is 2.37. The summed E-state index contributed by atoms with van der Waals surface area (Å²) >= 11 is 0. The van der Waals surface area contributed by atoms with Crippen molar-refractivity contribution in [3.05, 3.63) is 31.2 Å². The largest absolute Gasteiger partial charge is 0.365 e. The molecule has 2 aromatic heterocycles. The molecule has 2 saturated heterocycles. The van der Waals surface area contributed by atoms with Crippen LogP contribution >= 0.6 is 0 Å². The molecule has 0 spiro atoms. The van der Waals surface area contributed by atoms with Crippen LogP contribution in [0.4, 0.5) is 5.82 Å². The van der Waals surface area contributed by atoms with Crippen molar-refractivity contribution >= 4 is 22.8 Å². The molecule has 4 heterocycles. The highest BCUT2D eigenvalue weighted by molar-refractivity contribution is 5.88. The number of hydrogen-bond donors (Lipinski definition) is 2. The third-order valence-corrected chi connectivity index (χ3v) is 4.93. The van der Waals surface area contributed by atoms with Gasteiger partial charge in [-0.25, -0.2) is 9.97 Å². The number of rotatable bonds is 3. The number of H-pyrrole nitrogens is 1. The fraction of sp³-hybridized carbons (Fsp3) is 0.438. The van der Waals surface area contributed by atoms with Crippen molar-refractivity contribution in [1.29, 1.82) is 0 Å². The standard InChI is InChI=1S/C16H19N5O/c1-2-14(22)21-10-3-5-12(13(21)6-4-10)20-16-11-7-8-17-15(11)18-9-19-16/h2,7-10,12-13H,1,3-6H2,(H2,17,18,19,20)/t10?,12-,13?/m1/s1. The Kier molecular flexibility index (Phi) is 3.10. The van der Waals surface area contributed by atoms with Crippen LogP contribution in [0.15, 0.2) is 31.2 Å². The van der Waals surface area contributed by atoms with E-state index in [4.69, 9.17) is 0 Å². The molecule has 2 bridgehead atoms. The van der Waals surface area contributed by atoms with Crippen molar-refractivity contribution in [2.45, 2.75) is 43.8 Å². The molecule has 1 amide bonds. The summed E-state index contributed by atoms with van der Waals surface area (Å²) in [7, 11) is 0. The Morgan fingerprint density at radius 2 is 2.23 bits per heavy atom. The molecular formula is C16H19N5O. The van der Waals surface area contributed by atoms with E-state index in [1.165, 1.54) is 6.08 Å². The van der Waals surface area contributed by atoms with E-state index >= 15 is 0 Å². The number of aromatic nitrogens is 3. The molecule has 2 fully saturated rings.